The van der Waals surface area contributed by atoms with Crippen LogP contribution in [0.3, 0.4) is 0 Å². The predicted octanol–water partition coefficient (Wildman–Crippen LogP) is 1.29. The van der Waals surface area contributed by atoms with Crippen molar-refractivity contribution < 1.29 is 31.9 Å². The average Bonchev–Trinajstić information content (AvgIpc) is 2.46. The van der Waals surface area contributed by atoms with Gasteiger partial charge in [0, 0.05) is 6.42 Å². The minimum absolute atomic E-state index is 0.0620. The minimum Gasteiger partial charge on any atom is -0.480 e. The number of carboxylic acids is 1. The van der Waals surface area contributed by atoms with Crippen LogP contribution in [0.25, 0.3) is 0 Å². The maximum absolute atomic E-state index is 12.3. The Balaban J connectivity index is 3.02. The largest absolute Gasteiger partial charge is 0.480 e. The third-order valence-electron chi connectivity index (χ3n) is 2.83. The first-order valence-corrected chi connectivity index (χ1v) is 8.22. The Bertz CT molecular complexity index is 679. The van der Waals surface area contributed by atoms with Gasteiger partial charge < -0.3 is 10.4 Å². The maximum Gasteiger partial charge on any atom is 0.326 e. The van der Waals surface area contributed by atoms with Crippen molar-refractivity contribution in [2.75, 3.05) is 10.5 Å². The highest BCUT2D eigenvalue weighted by atomic mass is 32.2. The second-order valence-corrected chi connectivity index (χ2v) is 6.55. The molecule has 0 aromatic heterocycles. The Hall–Kier alpha value is -2.23. The molecule has 0 heterocycles. The van der Waals surface area contributed by atoms with Crippen molar-refractivity contribution in [3.05, 3.63) is 29.8 Å². The number of para-hydroxylation sites is 1. The number of aliphatic carboxylic acids is 1. The first-order valence-electron chi connectivity index (χ1n) is 6.57. The standard InChI is InChI=1S/C13H16F2N2O5S/c1-2-23(21,22)17-9-6-4-3-5-8(9)12(18)16-10(13(19)20)7-11(14)15/h3-6,10-11,17H,2,7H2,1H3,(H,16,18)(H,19,20). The van der Waals surface area contributed by atoms with E-state index in [4.69, 9.17) is 5.11 Å². The van der Waals surface area contributed by atoms with Crippen molar-refractivity contribution in [1.29, 1.82) is 0 Å². The number of halogens is 2. The second kappa shape index (κ2) is 7.86. The zero-order chi connectivity index (χ0) is 17.6. The van der Waals surface area contributed by atoms with Crippen LogP contribution in [0.15, 0.2) is 24.3 Å². The normalized spacial score (nSPS) is 12.7. The predicted molar refractivity (Wildman–Crippen MR) is 79.0 cm³/mol. The van der Waals surface area contributed by atoms with Gasteiger partial charge in [-0.25, -0.2) is 22.0 Å². The lowest BCUT2D eigenvalue weighted by atomic mass is 10.1. The number of sulfonamides is 1. The van der Waals surface area contributed by atoms with Crippen LogP contribution in [0.4, 0.5) is 14.5 Å². The van der Waals surface area contributed by atoms with Crippen molar-refractivity contribution in [1.82, 2.24) is 5.32 Å². The minimum atomic E-state index is -3.66. The van der Waals surface area contributed by atoms with Crippen LogP contribution in [-0.2, 0) is 14.8 Å². The highest BCUT2D eigenvalue weighted by Gasteiger charge is 2.25. The molecule has 1 amide bonds. The van der Waals surface area contributed by atoms with E-state index in [2.05, 4.69) is 4.72 Å². The number of alkyl halides is 2. The summed E-state index contributed by atoms with van der Waals surface area (Å²) in [6, 6.07) is 3.69. The zero-order valence-electron chi connectivity index (χ0n) is 12.1. The molecule has 0 bridgehead atoms. The van der Waals surface area contributed by atoms with Crippen LogP contribution in [-0.4, -0.2) is 43.6 Å². The van der Waals surface area contributed by atoms with E-state index in [1.165, 1.54) is 31.2 Å². The number of rotatable bonds is 8. The summed E-state index contributed by atoms with van der Waals surface area (Å²) >= 11 is 0. The molecule has 7 nitrogen and oxygen atoms in total. The van der Waals surface area contributed by atoms with Gasteiger partial charge in [-0.2, -0.15) is 0 Å². The van der Waals surface area contributed by atoms with Gasteiger partial charge in [0.05, 0.1) is 17.0 Å². The first kappa shape index (κ1) is 18.8. The number of carbonyl (C=O) groups excluding carboxylic acids is 1. The van der Waals surface area contributed by atoms with Crippen LogP contribution in [0.5, 0.6) is 0 Å². The summed E-state index contributed by atoms with van der Waals surface area (Å²) in [5.74, 6) is -2.80. The Morgan fingerprint density at radius 3 is 2.39 bits per heavy atom. The lowest BCUT2D eigenvalue weighted by Gasteiger charge is -2.16. The van der Waals surface area contributed by atoms with Gasteiger partial charge in [0.1, 0.15) is 6.04 Å². The summed E-state index contributed by atoms with van der Waals surface area (Å²) in [4.78, 5) is 23.0. The fourth-order valence-corrected chi connectivity index (χ4v) is 2.30. The van der Waals surface area contributed by atoms with Crippen molar-refractivity contribution in [2.24, 2.45) is 0 Å². The molecular formula is C13H16F2N2O5S. The summed E-state index contributed by atoms with van der Waals surface area (Å²) in [5.41, 5.74) is -0.224. The topological polar surface area (TPSA) is 113 Å². The molecule has 1 rings (SSSR count). The van der Waals surface area contributed by atoms with E-state index < -0.39 is 40.8 Å². The van der Waals surface area contributed by atoms with Crippen molar-refractivity contribution >= 4 is 27.6 Å². The number of carboxylic acid groups (broad SMARTS) is 1. The smallest absolute Gasteiger partial charge is 0.326 e. The van der Waals surface area contributed by atoms with Crippen molar-refractivity contribution in [2.45, 2.75) is 25.8 Å². The van der Waals surface area contributed by atoms with Crippen molar-refractivity contribution in [3.8, 4) is 0 Å². The highest BCUT2D eigenvalue weighted by Crippen LogP contribution is 2.17. The summed E-state index contributed by atoms with van der Waals surface area (Å²) in [5, 5.41) is 10.8. The quantitative estimate of drug-likeness (QED) is 0.654. The van der Waals surface area contributed by atoms with E-state index in [0.29, 0.717) is 0 Å². The number of anilines is 1. The van der Waals surface area contributed by atoms with E-state index in [1.54, 1.807) is 0 Å². The van der Waals surface area contributed by atoms with Crippen LogP contribution >= 0.6 is 0 Å². The van der Waals surface area contributed by atoms with E-state index in [-0.39, 0.29) is 17.0 Å². The lowest BCUT2D eigenvalue weighted by molar-refractivity contribution is -0.140. The molecule has 1 atom stereocenters. The van der Waals surface area contributed by atoms with Crippen LogP contribution in [0.1, 0.15) is 23.7 Å². The summed E-state index contributed by atoms with van der Waals surface area (Å²) in [6.45, 7) is 1.40. The molecule has 1 aromatic rings. The summed E-state index contributed by atoms with van der Waals surface area (Å²) in [7, 11) is -3.66. The highest BCUT2D eigenvalue weighted by molar-refractivity contribution is 7.92. The molecular weight excluding hydrogens is 334 g/mol. The van der Waals surface area contributed by atoms with Gasteiger partial charge >= 0.3 is 5.97 Å². The molecule has 1 aromatic carbocycles. The van der Waals surface area contributed by atoms with Gasteiger partial charge in [0.15, 0.2) is 0 Å². The number of benzene rings is 1. The molecule has 1 unspecified atom stereocenters. The van der Waals surface area contributed by atoms with Crippen LogP contribution < -0.4 is 10.0 Å². The Kier molecular flexibility index (Phi) is 6.43. The van der Waals surface area contributed by atoms with Crippen LogP contribution in [0.2, 0.25) is 0 Å². The number of carbonyl (C=O) groups is 2. The molecule has 0 radical (unpaired) electrons. The fraction of sp³-hybridized carbons (Fsp3) is 0.385. The molecule has 0 aliphatic rings. The summed E-state index contributed by atoms with van der Waals surface area (Å²) < 4.78 is 50.0. The summed E-state index contributed by atoms with van der Waals surface area (Å²) in [6.07, 6.45) is -3.96. The molecule has 23 heavy (non-hydrogen) atoms. The molecule has 10 heteroatoms. The lowest BCUT2D eigenvalue weighted by Crippen LogP contribution is -2.42. The van der Waals surface area contributed by atoms with Gasteiger partial charge in [-0.15, -0.1) is 0 Å². The monoisotopic (exact) mass is 350 g/mol. The van der Waals surface area contributed by atoms with Gasteiger partial charge in [0.2, 0.25) is 16.4 Å². The molecule has 0 fully saturated rings. The van der Waals surface area contributed by atoms with Crippen LogP contribution in [0, 0.1) is 0 Å². The van der Waals surface area contributed by atoms with Gasteiger partial charge in [-0.3, -0.25) is 9.52 Å². The molecule has 128 valence electrons. The molecule has 0 aliphatic heterocycles. The van der Waals surface area contributed by atoms with E-state index in [0.717, 1.165) is 0 Å². The average molecular weight is 350 g/mol. The SMILES string of the molecule is CCS(=O)(=O)Nc1ccccc1C(=O)NC(CC(F)F)C(=O)O. The first-order chi connectivity index (χ1) is 10.7. The molecule has 0 saturated carbocycles. The number of hydrogen-bond acceptors (Lipinski definition) is 4. The maximum atomic E-state index is 12.3. The van der Waals surface area contributed by atoms with Gasteiger partial charge in [-0.05, 0) is 19.1 Å². The Morgan fingerprint density at radius 2 is 1.87 bits per heavy atom. The van der Waals surface area contributed by atoms with Gasteiger partial charge in [0.25, 0.3) is 5.91 Å². The number of hydrogen-bond donors (Lipinski definition) is 3. The fourth-order valence-electron chi connectivity index (χ4n) is 1.65. The molecule has 0 saturated heterocycles. The van der Waals surface area contributed by atoms with Gasteiger partial charge in [-0.1, -0.05) is 12.1 Å². The van der Waals surface area contributed by atoms with E-state index in [9.17, 15) is 26.8 Å². The molecule has 3 N–H and O–H groups in total. The molecule has 0 spiro atoms. The number of amides is 1. The van der Waals surface area contributed by atoms with E-state index >= 15 is 0 Å². The van der Waals surface area contributed by atoms with E-state index in [1.807, 2.05) is 5.32 Å². The second-order valence-electron chi connectivity index (χ2n) is 4.54. The molecule has 0 aliphatic carbocycles. The third-order valence-corrected chi connectivity index (χ3v) is 4.13. The Morgan fingerprint density at radius 1 is 1.26 bits per heavy atom. The zero-order valence-corrected chi connectivity index (χ0v) is 12.9. The van der Waals surface area contributed by atoms with Crippen molar-refractivity contribution in [3.63, 3.8) is 0 Å². The third kappa shape index (κ3) is 5.81. The Labute approximate surface area is 131 Å². The number of nitrogens with one attached hydrogen (secondary N) is 2.